The number of hydrogen-bond acceptors (Lipinski definition) is 2. The van der Waals surface area contributed by atoms with Crippen LogP contribution in [0.5, 0.6) is 0 Å². The molecule has 118 valence electrons. The molecule has 1 aromatic carbocycles. The molecule has 0 N–H and O–H groups in total. The van der Waals surface area contributed by atoms with Crippen LogP contribution >= 0.6 is 11.6 Å². The Hall–Kier alpha value is -0.650. The molecule has 0 aromatic heterocycles. The molecule has 1 saturated heterocycles. The zero-order valence-corrected chi connectivity index (χ0v) is 14.0. The molecule has 1 aromatic rings. The number of hydrogen-bond donors (Lipinski definition) is 0. The molecule has 0 amide bonds. The maximum absolute atomic E-state index is 13.9. The molecule has 2 rings (SSSR count). The summed E-state index contributed by atoms with van der Waals surface area (Å²) in [6.07, 6.45) is 2.72. The minimum atomic E-state index is -3.66. The van der Waals surface area contributed by atoms with Crippen molar-refractivity contribution in [3.63, 3.8) is 0 Å². The van der Waals surface area contributed by atoms with Gasteiger partial charge in [-0.05, 0) is 49.8 Å². The molecule has 1 atom stereocenters. The highest BCUT2D eigenvalue weighted by Crippen LogP contribution is 2.27. The van der Waals surface area contributed by atoms with Crippen molar-refractivity contribution in [1.82, 2.24) is 4.31 Å². The maximum atomic E-state index is 13.9. The number of rotatable bonds is 3. The van der Waals surface area contributed by atoms with Crippen LogP contribution in [0.4, 0.5) is 4.39 Å². The highest BCUT2D eigenvalue weighted by Gasteiger charge is 2.29. The van der Waals surface area contributed by atoms with Gasteiger partial charge in [-0.2, -0.15) is 4.31 Å². The number of sulfonamides is 1. The van der Waals surface area contributed by atoms with Crippen molar-refractivity contribution in [2.45, 2.75) is 43.9 Å². The van der Waals surface area contributed by atoms with E-state index in [2.05, 4.69) is 6.92 Å². The van der Waals surface area contributed by atoms with Crippen LogP contribution in [-0.2, 0) is 15.9 Å². The summed E-state index contributed by atoms with van der Waals surface area (Å²) in [5.74, 6) is 0.101. The first-order chi connectivity index (χ1) is 9.86. The quantitative estimate of drug-likeness (QED) is 0.791. The standard InChI is InChI=1S/C15H21ClFNO2S/c1-11-4-3-6-18(7-5-11)21(19,20)15-9-13(10-16)8-14(17)12(15)2/h8-9,11H,3-7,10H2,1-2H3. The Morgan fingerprint density at radius 1 is 1.33 bits per heavy atom. The molecule has 3 nitrogen and oxygen atoms in total. The van der Waals surface area contributed by atoms with Gasteiger partial charge in [0, 0.05) is 24.5 Å². The summed E-state index contributed by atoms with van der Waals surface area (Å²) < 4.78 is 41.0. The van der Waals surface area contributed by atoms with E-state index in [9.17, 15) is 12.8 Å². The Morgan fingerprint density at radius 3 is 2.71 bits per heavy atom. The van der Waals surface area contributed by atoms with Crippen LogP contribution in [0.2, 0.25) is 0 Å². The highest BCUT2D eigenvalue weighted by molar-refractivity contribution is 7.89. The number of alkyl halides is 1. The molecule has 0 spiro atoms. The summed E-state index contributed by atoms with van der Waals surface area (Å²) in [4.78, 5) is 0.0488. The zero-order valence-electron chi connectivity index (χ0n) is 12.4. The van der Waals surface area contributed by atoms with Crippen molar-refractivity contribution in [3.05, 3.63) is 29.1 Å². The van der Waals surface area contributed by atoms with E-state index in [1.807, 2.05) is 0 Å². The molecule has 1 fully saturated rings. The van der Waals surface area contributed by atoms with E-state index in [1.165, 1.54) is 23.4 Å². The fourth-order valence-electron chi connectivity index (χ4n) is 2.67. The molecule has 0 bridgehead atoms. The van der Waals surface area contributed by atoms with E-state index >= 15 is 0 Å². The predicted octanol–water partition coefficient (Wildman–Crippen LogP) is 3.68. The molecule has 0 radical (unpaired) electrons. The summed E-state index contributed by atoms with van der Waals surface area (Å²) in [5, 5.41) is 0. The van der Waals surface area contributed by atoms with Crippen molar-refractivity contribution >= 4 is 21.6 Å². The van der Waals surface area contributed by atoms with Crippen LogP contribution in [0.25, 0.3) is 0 Å². The van der Waals surface area contributed by atoms with Gasteiger partial charge in [-0.25, -0.2) is 12.8 Å². The second-order valence-electron chi connectivity index (χ2n) is 5.77. The van der Waals surface area contributed by atoms with E-state index in [1.54, 1.807) is 0 Å². The second-order valence-corrected chi connectivity index (χ2v) is 7.95. The van der Waals surface area contributed by atoms with Gasteiger partial charge in [-0.1, -0.05) is 6.92 Å². The molecule has 21 heavy (non-hydrogen) atoms. The summed E-state index contributed by atoms with van der Waals surface area (Å²) in [6.45, 7) is 4.63. The van der Waals surface area contributed by atoms with Gasteiger partial charge in [0.25, 0.3) is 0 Å². The van der Waals surface area contributed by atoms with Crippen LogP contribution in [0.15, 0.2) is 17.0 Å². The van der Waals surface area contributed by atoms with Gasteiger partial charge in [-0.3, -0.25) is 0 Å². The Kier molecular flexibility index (Phi) is 5.28. The molecule has 0 aliphatic carbocycles. The lowest BCUT2D eigenvalue weighted by atomic mass is 10.0. The normalized spacial score (nSPS) is 21.2. The van der Waals surface area contributed by atoms with Crippen molar-refractivity contribution in [2.24, 2.45) is 5.92 Å². The zero-order chi connectivity index (χ0) is 15.6. The Labute approximate surface area is 131 Å². The Bertz CT molecular complexity index is 618. The first kappa shape index (κ1) is 16.7. The average molecular weight is 334 g/mol. The van der Waals surface area contributed by atoms with E-state index < -0.39 is 15.8 Å². The van der Waals surface area contributed by atoms with Gasteiger partial charge in [0.15, 0.2) is 0 Å². The summed E-state index contributed by atoms with van der Waals surface area (Å²) in [6, 6.07) is 2.79. The first-order valence-corrected chi connectivity index (χ1v) is 9.19. The molecular formula is C15H21ClFNO2S. The smallest absolute Gasteiger partial charge is 0.207 e. The van der Waals surface area contributed by atoms with Crippen molar-refractivity contribution < 1.29 is 12.8 Å². The third kappa shape index (κ3) is 3.58. The molecular weight excluding hydrogens is 313 g/mol. The fourth-order valence-corrected chi connectivity index (χ4v) is 4.60. The molecule has 1 unspecified atom stereocenters. The van der Waals surface area contributed by atoms with Crippen molar-refractivity contribution in [1.29, 1.82) is 0 Å². The van der Waals surface area contributed by atoms with E-state index in [0.717, 1.165) is 19.3 Å². The lowest BCUT2D eigenvalue weighted by molar-refractivity contribution is 0.416. The molecule has 1 aliphatic rings. The van der Waals surface area contributed by atoms with Crippen LogP contribution in [0.1, 0.15) is 37.3 Å². The van der Waals surface area contributed by atoms with Gasteiger partial charge < -0.3 is 0 Å². The molecule has 6 heteroatoms. The topological polar surface area (TPSA) is 37.4 Å². The molecule has 1 aliphatic heterocycles. The number of halogens is 2. The SMILES string of the molecule is Cc1c(F)cc(CCl)cc1S(=O)(=O)N1CCCC(C)CC1. The third-order valence-corrected chi connectivity index (χ3v) is 6.44. The monoisotopic (exact) mass is 333 g/mol. The largest absolute Gasteiger partial charge is 0.243 e. The highest BCUT2D eigenvalue weighted by atomic mass is 35.5. The van der Waals surface area contributed by atoms with Gasteiger partial charge in [0.1, 0.15) is 5.82 Å². The van der Waals surface area contributed by atoms with E-state index in [-0.39, 0.29) is 16.3 Å². The van der Waals surface area contributed by atoms with Gasteiger partial charge >= 0.3 is 0 Å². The van der Waals surface area contributed by atoms with E-state index in [0.29, 0.717) is 24.6 Å². The van der Waals surface area contributed by atoms with E-state index in [4.69, 9.17) is 11.6 Å². The first-order valence-electron chi connectivity index (χ1n) is 7.21. The van der Waals surface area contributed by atoms with Crippen molar-refractivity contribution in [3.8, 4) is 0 Å². The van der Waals surface area contributed by atoms with Gasteiger partial charge in [0.2, 0.25) is 10.0 Å². The lowest BCUT2D eigenvalue weighted by Gasteiger charge is -2.22. The number of nitrogens with zero attached hydrogens (tertiary/aromatic N) is 1. The summed E-state index contributed by atoms with van der Waals surface area (Å²) >= 11 is 5.73. The van der Waals surface area contributed by atoms with Crippen LogP contribution in [0.3, 0.4) is 0 Å². The van der Waals surface area contributed by atoms with Crippen LogP contribution < -0.4 is 0 Å². The van der Waals surface area contributed by atoms with Crippen LogP contribution in [0, 0.1) is 18.7 Å². The fraction of sp³-hybridized carbons (Fsp3) is 0.600. The number of benzene rings is 1. The summed E-state index contributed by atoms with van der Waals surface area (Å²) in [5.41, 5.74) is 0.655. The third-order valence-electron chi connectivity index (χ3n) is 4.10. The van der Waals surface area contributed by atoms with Crippen LogP contribution in [-0.4, -0.2) is 25.8 Å². The van der Waals surface area contributed by atoms with Gasteiger partial charge in [0.05, 0.1) is 4.90 Å². The minimum absolute atomic E-state index is 0.0488. The maximum Gasteiger partial charge on any atom is 0.243 e. The molecule has 1 heterocycles. The average Bonchev–Trinajstić information content (AvgIpc) is 2.66. The van der Waals surface area contributed by atoms with Gasteiger partial charge in [-0.15, -0.1) is 11.6 Å². The molecule has 0 saturated carbocycles. The Balaban J connectivity index is 2.41. The second kappa shape index (κ2) is 6.63. The van der Waals surface area contributed by atoms with Crippen molar-refractivity contribution in [2.75, 3.05) is 13.1 Å². The lowest BCUT2D eigenvalue weighted by Crippen LogP contribution is -2.32. The minimum Gasteiger partial charge on any atom is -0.207 e. The Morgan fingerprint density at radius 2 is 2.05 bits per heavy atom. The predicted molar refractivity (Wildman–Crippen MR) is 82.5 cm³/mol. The summed E-state index contributed by atoms with van der Waals surface area (Å²) in [7, 11) is -3.66.